The van der Waals surface area contributed by atoms with Crippen LogP contribution >= 0.6 is 0 Å². The SMILES string of the molecule is CC(=O)[15N+]1=CC[13CH2][13CH2][13CH2]1. The third-order valence-electron chi connectivity index (χ3n) is 1.61. The van der Waals surface area contributed by atoms with Crippen LogP contribution in [0.2, 0.25) is 0 Å². The van der Waals surface area contributed by atoms with Gasteiger partial charge in [0.25, 0.3) is 0 Å². The zero-order chi connectivity index (χ0) is 6.69. The Hall–Kier alpha value is -0.660. The monoisotopic (exact) mass is 130 g/mol. The number of hydrogen-bond donors (Lipinski definition) is 0. The molecular formula is C7H12NO+. The quantitative estimate of drug-likeness (QED) is 0.270. The third kappa shape index (κ3) is 1.63. The number of carbonyl (C=O) groups excluding carboxylic acids is 1. The molecule has 0 radical (unpaired) electrons. The highest BCUT2D eigenvalue weighted by molar-refractivity contribution is 5.70. The van der Waals surface area contributed by atoms with Crippen molar-refractivity contribution in [1.29, 1.82) is 0 Å². The zero-order valence-corrected chi connectivity index (χ0v) is 5.76. The van der Waals surface area contributed by atoms with Crippen molar-refractivity contribution >= 4 is 12.1 Å². The summed E-state index contributed by atoms with van der Waals surface area (Å²) in [6.07, 6.45) is 5.46. The van der Waals surface area contributed by atoms with Gasteiger partial charge in [0.1, 0.15) is 6.21 Å². The van der Waals surface area contributed by atoms with Gasteiger partial charge in [-0.1, -0.05) is 0 Å². The summed E-state index contributed by atoms with van der Waals surface area (Å²) in [5.41, 5.74) is 0. The molecule has 0 aromatic heterocycles. The molecule has 1 amide bonds. The van der Waals surface area contributed by atoms with E-state index in [0.29, 0.717) is 0 Å². The average Bonchev–Trinajstić information content (AvgIpc) is 1.90. The minimum atomic E-state index is 0.176. The van der Waals surface area contributed by atoms with Crippen LogP contribution in [0.1, 0.15) is 26.2 Å². The van der Waals surface area contributed by atoms with Crippen molar-refractivity contribution in [2.75, 3.05) is 6.54 Å². The Morgan fingerprint density at radius 2 is 2.33 bits per heavy atom. The van der Waals surface area contributed by atoms with Crippen LogP contribution in [0.15, 0.2) is 0 Å². The van der Waals surface area contributed by atoms with Gasteiger partial charge in [0.05, 0.1) is 6.92 Å². The van der Waals surface area contributed by atoms with Crippen molar-refractivity contribution in [1.82, 2.24) is 0 Å². The zero-order valence-electron chi connectivity index (χ0n) is 5.76. The third-order valence-corrected chi connectivity index (χ3v) is 1.61. The Balaban J connectivity index is 2.57. The van der Waals surface area contributed by atoms with Gasteiger partial charge in [0.15, 0.2) is 6.54 Å². The van der Waals surface area contributed by atoms with Gasteiger partial charge in [-0.25, -0.2) is 4.79 Å². The molecule has 50 valence electrons. The van der Waals surface area contributed by atoms with E-state index in [2.05, 4.69) is 0 Å². The highest BCUT2D eigenvalue weighted by Gasteiger charge is 2.13. The topological polar surface area (TPSA) is 20.1 Å². The summed E-state index contributed by atoms with van der Waals surface area (Å²) >= 11 is 0. The van der Waals surface area contributed by atoms with Crippen LogP contribution in [0.5, 0.6) is 0 Å². The first-order valence-electron chi connectivity index (χ1n) is 3.41. The predicted octanol–water partition coefficient (Wildman–Crippen LogP) is 0.800. The van der Waals surface area contributed by atoms with E-state index in [1.807, 2.05) is 6.21 Å². The molecule has 0 aromatic carbocycles. The molecule has 9 heavy (non-hydrogen) atoms. The molecule has 0 bridgehead atoms. The summed E-state index contributed by atoms with van der Waals surface area (Å²) in [5, 5.41) is 0. The Kier molecular flexibility index (Phi) is 1.98. The highest BCUT2D eigenvalue weighted by Crippen LogP contribution is 1.99. The second kappa shape index (κ2) is 2.76. The molecule has 0 atom stereocenters. The van der Waals surface area contributed by atoms with Crippen molar-refractivity contribution in [3.05, 3.63) is 0 Å². The second-order valence-electron chi connectivity index (χ2n) is 2.39. The van der Waals surface area contributed by atoms with E-state index in [-0.39, 0.29) is 5.91 Å². The standard InChI is InChI=1S/C7H12NO/c1-7(9)8-5-3-2-4-6-8/h5H,2-4,6H2,1H3/q+1/i2+1,4+1,6+1,8+1. The minimum absolute atomic E-state index is 0.176. The minimum Gasteiger partial charge on any atom is -0.220 e. The van der Waals surface area contributed by atoms with Gasteiger partial charge in [-0.3, -0.25) is 0 Å². The van der Waals surface area contributed by atoms with Gasteiger partial charge < -0.3 is 0 Å². The lowest BCUT2D eigenvalue weighted by molar-refractivity contribution is -0.448. The summed E-state index contributed by atoms with van der Waals surface area (Å²) in [6.45, 7) is 2.54. The first-order chi connectivity index (χ1) is 4.30. The number of amides is 1. The van der Waals surface area contributed by atoms with Crippen LogP contribution in [-0.4, -0.2) is 23.2 Å². The van der Waals surface area contributed by atoms with Gasteiger partial charge >= 0.3 is 5.91 Å². The smallest absolute Gasteiger partial charge is 0.220 e. The summed E-state index contributed by atoms with van der Waals surface area (Å²) < 4.78 is 1.80. The van der Waals surface area contributed by atoms with E-state index in [9.17, 15) is 4.79 Å². The molecule has 1 rings (SSSR count). The first-order valence-corrected chi connectivity index (χ1v) is 3.41. The number of carbonyl (C=O) groups is 1. The molecule has 0 aliphatic carbocycles. The molecule has 0 aromatic rings. The van der Waals surface area contributed by atoms with E-state index < -0.39 is 0 Å². The fourth-order valence-electron chi connectivity index (χ4n) is 1.05. The summed E-state index contributed by atoms with van der Waals surface area (Å²) in [4.78, 5) is 10.7. The molecule has 2 nitrogen and oxygen atoms in total. The first kappa shape index (κ1) is 6.46. The number of hydrogen-bond acceptors (Lipinski definition) is 1. The maximum Gasteiger partial charge on any atom is 0.383 e. The van der Waals surface area contributed by atoms with E-state index in [1.165, 1.54) is 6.42 Å². The van der Waals surface area contributed by atoms with Gasteiger partial charge in [-0.15, -0.1) is 0 Å². The van der Waals surface area contributed by atoms with Gasteiger partial charge in [0, 0.05) is 12.8 Å². The maximum absolute atomic E-state index is 10.7. The van der Waals surface area contributed by atoms with Crippen LogP contribution in [0.4, 0.5) is 0 Å². The van der Waals surface area contributed by atoms with E-state index in [0.717, 1.165) is 19.4 Å². The van der Waals surface area contributed by atoms with Crippen LogP contribution in [0.25, 0.3) is 0 Å². The highest BCUT2D eigenvalue weighted by atomic mass is 16.2. The Labute approximate surface area is 55.2 Å². The second-order valence-corrected chi connectivity index (χ2v) is 2.39. The number of nitrogens with zero attached hydrogens (tertiary/aromatic N) is 1. The van der Waals surface area contributed by atoms with Crippen LogP contribution < -0.4 is 0 Å². The lowest BCUT2D eigenvalue weighted by Gasteiger charge is -2.02. The fraction of sp³-hybridized carbons (Fsp3) is 0.714. The van der Waals surface area contributed by atoms with Gasteiger partial charge in [0.2, 0.25) is 0 Å². The maximum atomic E-state index is 10.7. The van der Waals surface area contributed by atoms with Crippen molar-refractivity contribution < 1.29 is 9.37 Å². The van der Waals surface area contributed by atoms with Gasteiger partial charge in [-0.05, 0) is 6.42 Å². The summed E-state index contributed by atoms with van der Waals surface area (Å²) in [7, 11) is 0. The lowest BCUT2D eigenvalue weighted by Crippen LogP contribution is -2.23. The average molecular weight is 130 g/mol. The molecular weight excluding hydrogens is 118 g/mol. The van der Waals surface area contributed by atoms with E-state index in [1.54, 1.807) is 11.5 Å². The van der Waals surface area contributed by atoms with Crippen LogP contribution in [0, 0.1) is 0 Å². The molecule has 1 aliphatic rings. The lowest BCUT2D eigenvalue weighted by atomic mass is 10.6. The van der Waals surface area contributed by atoms with E-state index in [4.69, 9.17) is 0 Å². The molecule has 2 heteroatoms. The molecule has 1 aliphatic heterocycles. The fourth-order valence-corrected chi connectivity index (χ4v) is 1.05. The largest absolute Gasteiger partial charge is 0.383 e. The van der Waals surface area contributed by atoms with Crippen LogP contribution in [0.3, 0.4) is 0 Å². The summed E-state index contributed by atoms with van der Waals surface area (Å²) in [5.74, 6) is 0.176. The summed E-state index contributed by atoms with van der Waals surface area (Å²) in [6, 6.07) is 0. The molecule has 0 fully saturated rings. The van der Waals surface area contributed by atoms with Crippen molar-refractivity contribution in [3.63, 3.8) is 0 Å². The van der Waals surface area contributed by atoms with E-state index >= 15 is 0 Å². The van der Waals surface area contributed by atoms with Crippen molar-refractivity contribution in [2.24, 2.45) is 0 Å². The van der Waals surface area contributed by atoms with Gasteiger partial charge in [-0.2, -0.15) is 4.58 Å². The van der Waals surface area contributed by atoms with Crippen molar-refractivity contribution in [3.8, 4) is 0 Å². The Morgan fingerprint density at radius 3 is 2.67 bits per heavy atom. The molecule has 0 saturated carbocycles. The predicted molar refractivity (Wildman–Crippen MR) is 35.7 cm³/mol. The normalized spacial score (nSPS) is 19.0. The Bertz CT molecular complexity index is 149. The molecule has 0 saturated heterocycles. The van der Waals surface area contributed by atoms with Crippen LogP contribution in [-0.2, 0) is 4.79 Å². The molecule has 1 heterocycles. The van der Waals surface area contributed by atoms with Crippen molar-refractivity contribution in [2.45, 2.75) is 26.2 Å². The molecule has 0 spiro atoms. The molecule has 0 unspecified atom stereocenters. The number of rotatable bonds is 0. The molecule has 0 N–H and O–H groups in total. The Morgan fingerprint density at radius 1 is 1.56 bits per heavy atom.